The van der Waals surface area contributed by atoms with Gasteiger partial charge in [0.05, 0.1) is 6.42 Å². The Hall–Kier alpha value is -2.85. The maximum atomic E-state index is 12.3. The molecule has 132 valence electrons. The molecule has 0 aliphatic rings. The summed E-state index contributed by atoms with van der Waals surface area (Å²) in [5.41, 5.74) is 1.32. The molecular weight excluding hydrogens is 350 g/mol. The number of fused-ring (bicyclic) bond motifs is 1. The number of carbonyl (C=O) groups excluding carboxylic acids is 2. The van der Waals surface area contributed by atoms with Gasteiger partial charge in [-0.15, -0.1) is 0 Å². The van der Waals surface area contributed by atoms with Gasteiger partial charge in [-0.05, 0) is 41.5 Å². The van der Waals surface area contributed by atoms with Crippen molar-refractivity contribution in [3.63, 3.8) is 0 Å². The van der Waals surface area contributed by atoms with E-state index in [9.17, 15) is 9.59 Å². The van der Waals surface area contributed by atoms with E-state index in [1.807, 2.05) is 42.5 Å². The first-order valence-electron chi connectivity index (χ1n) is 8.25. The zero-order chi connectivity index (χ0) is 18.5. The Bertz CT molecular complexity index is 955. The van der Waals surface area contributed by atoms with E-state index < -0.39 is 12.1 Å². The SMILES string of the molecule is CC(OC(=O)Cc1ccccc1Cl)C(=O)Nc1ccc2ccccc2c1. The molecule has 1 atom stereocenters. The van der Waals surface area contributed by atoms with Crippen LogP contribution in [0.15, 0.2) is 66.7 Å². The van der Waals surface area contributed by atoms with Crippen LogP contribution in [0, 0.1) is 0 Å². The molecule has 0 aromatic heterocycles. The molecule has 0 saturated heterocycles. The fraction of sp³-hybridized carbons (Fsp3) is 0.143. The number of amides is 1. The molecular formula is C21H18ClNO3. The summed E-state index contributed by atoms with van der Waals surface area (Å²) in [7, 11) is 0. The Labute approximate surface area is 156 Å². The molecule has 0 fully saturated rings. The smallest absolute Gasteiger partial charge is 0.311 e. The van der Waals surface area contributed by atoms with Crippen molar-refractivity contribution in [1.29, 1.82) is 0 Å². The van der Waals surface area contributed by atoms with E-state index in [1.165, 1.54) is 0 Å². The summed E-state index contributed by atoms with van der Waals surface area (Å²) < 4.78 is 5.22. The number of halogens is 1. The van der Waals surface area contributed by atoms with Crippen LogP contribution in [-0.4, -0.2) is 18.0 Å². The van der Waals surface area contributed by atoms with Crippen LogP contribution < -0.4 is 5.32 Å². The number of carbonyl (C=O) groups is 2. The van der Waals surface area contributed by atoms with Crippen molar-refractivity contribution >= 4 is 39.9 Å². The van der Waals surface area contributed by atoms with Gasteiger partial charge in [0.1, 0.15) is 0 Å². The number of benzene rings is 3. The van der Waals surface area contributed by atoms with Gasteiger partial charge < -0.3 is 10.1 Å². The summed E-state index contributed by atoms with van der Waals surface area (Å²) in [6, 6.07) is 20.5. The maximum absolute atomic E-state index is 12.3. The fourth-order valence-corrected chi connectivity index (χ4v) is 2.80. The number of anilines is 1. The van der Waals surface area contributed by atoms with Crippen LogP contribution in [0.5, 0.6) is 0 Å². The molecule has 5 heteroatoms. The van der Waals surface area contributed by atoms with Crippen molar-refractivity contribution in [3.8, 4) is 0 Å². The zero-order valence-corrected chi connectivity index (χ0v) is 15.0. The third kappa shape index (κ3) is 4.41. The summed E-state index contributed by atoms with van der Waals surface area (Å²) >= 11 is 6.04. The summed E-state index contributed by atoms with van der Waals surface area (Å²) in [5.74, 6) is -0.882. The molecule has 0 aliphatic carbocycles. The lowest BCUT2D eigenvalue weighted by atomic mass is 10.1. The van der Waals surface area contributed by atoms with E-state index >= 15 is 0 Å². The lowest BCUT2D eigenvalue weighted by Gasteiger charge is -2.14. The average molecular weight is 368 g/mol. The fourth-order valence-electron chi connectivity index (χ4n) is 2.60. The minimum absolute atomic E-state index is 0.0211. The summed E-state index contributed by atoms with van der Waals surface area (Å²) in [6.45, 7) is 1.54. The predicted octanol–water partition coefficient (Wildman–Crippen LogP) is 4.61. The van der Waals surface area contributed by atoms with Crippen LogP contribution in [0.4, 0.5) is 5.69 Å². The van der Waals surface area contributed by atoms with Crippen LogP contribution in [0.1, 0.15) is 12.5 Å². The van der Waals surface area contributed by atoms with E-state index in [4.69, 9.17) is 16.3 Å². The average Bonchev–Trinajstić information content (AvgIpc) is 2.63. The largest absolute Gasteiger partial charge is 0.452 e. The molecule has 0 heterocycles. The molecule has 4 nitrogen and oxygen atoms in total. The molecule has 3 aromatic rings. The minimum atomic E-state index is -0.906. The standard InChI is InChI=1S/C21H18ClNO3/c1-14(26-20(24)13-17-8-4-5-9-19(17)22)21(25)23-18-11-10-15-6-2-3-7-16(15)12-18/h2-12,14H,13H2,1H3,(H,23,25). The van der Waals surface area contributed by atoms with Gasteiger partial charge >= 0.3 is 5.97 Å². The predicted molar refractivity (Wildman–Crippen MR) is 103 cm³/mol. The van der Waals surface area contributed by atoms with E-state index in [0.717, 1.165) is 10.8 Å². The summed E-state index contributed by atoms with van der Waals surface area (Å²) in [6.07, 6.45) is -0.885. The second-order valence-corrected chi connectivity index (χ2v) is 6.36. The van der Waals surface area contributed by atoms with Crippen LogP contribution >= 0.6 is 11.6 Å². The van der Waals surface area contributed by atoms with Crippen molar-refractivity contribution in [2.45, 2.75) is 19.4 Å². The molecule has 1 amide bonds. The van der Waals surface area contributed by atoms with Gasteiger partial charge in [0.15, 0.2) is 6.10 Å². The quantitative estimate of drug-likeness (QED) is 0.670. The Balaban J connectivity index is 1.60. The molecule has 0 saturated carbocycles. The third-order valence-electron chi connectivity index (χ3n) is 3.99. The monoisotopic (exact) mass is 367 g/mol. The highest BCUT2D eigenvalue weighted by atomic mass is 35.5. The molecule has 26 heavy (non-hydrogen) atoms. The summed E-state index contributed by atoms with van der Waals surface area (Å²) in [5, 5.41) is 5.38. The molecule has 3 rings (SSSR count). The Morgan fingerprint density at radius 3 is 2.46 bits per heavy atom. The normalized spacial score (nSPS) is 11.8. The van der Waals surface area contributed by atoms with E-state index in [-0.39, 0.29) is 12.3 Å². The van der Waals surface area contributed by atoms with Crippen molar-refractivity contribution in [2.75, 3.05) is 5.32 Å². The number of rotatable bonds is 5. The van der Waals surface area contributed by atoms with E-state index in [2.05, 4.69) is 5.32 Å². The molecule has 0 bridgehead atoms. The highest BCUT2D eigenvalue weighted by molar-refractivity contribution is 6.31. The lowest BCUT2D eigenvalue weighted by Crippen LogP contribution is -2.30. The van der Waals surface area contributed by atoms with Crippen LogP contribution in [-0.2, 0) is 20.7 Å². The first-order valence-corrected chi connectivity index (χ1v) is 8.63. The number of nitrogens with one attached hydrogen (secondary N) is 1. The van der Waals surface area contributed by atoms with Gasteiger partial charge in [-0.2, -0.15) is 0 Å². The summed E-state index contributed by atoms with van der Waals surface area (Å²) in [4.78, 5) is 24.3. The van der Waals surface area contributed by atoms with Gasteiger partial charge in [0, 0.05) is 10.7 Å². The molecule has 0 aliphatic heterocycles. The third-order valence-corrected chi connectivity index (χ3v) is 4.36. The van der Waals surface area contributed by atoms with Crippen molar-refractivity contribution in [1.82, 2.24) is 0 Å². The first-order chi connectivity index (χ1) is 12.5. The second kappa shape index (κ2) is 8.02. The Kier molecular flexibility index (Phi) is 5.54. The van der Waals surface area contributed by atoms with Gasteiger partial charge in [0.2, 0.25) is 0 Å². The molecule has 0 spiro atoms. The van der Waals surface area contributed by atoms with Crippen molar-refractivity contribution < 1.29 is 14.3 Å². The van der Waals surface area contributed by atoms with Crippen LogP contribution in [0.25, 0.3) is 10.8 Å². The molecule has 1 unspecified atom stereocenters. The van der Waals surface area contributed by atoms with E-state index in [0.29, 0.717) is 16.3 Å². The molecule has 0 radical (unpaired) electrons. The highest BCUT2D eigenvalue weighted by Gasteiger charge is 2.19. The first kappa shape index (κ1) is 18.0. The van der Waals surface area contributed by atoms with Crippen molar-refractivity contribution in [2.24, 2.45) is 0 Å². The Morgan fingerprint density at radius 2 is 1.69 bits per heavy atom. The molecule has 3 aromatic carbocycles. The highest BCUT2D eigenvalue weighted by Crippen LogP contribution is 2.19. The lowest BCUT2D eigenvalue weighted by molar-refractivity contribution is -0.152. The van der Waals surface area contributed by atoms with E-state index in [1.54, 1.807) is 31.2 Å². The zero-order valence-electron chi connectivity index (χ0n) is 14.2. The number of hydrogen-bond acceptors (Lipinski definition) is 3. The van der Waals surface area contributed by atoms with Crippen LogP contribution in [0.2, 0.25) is 5.02 Å². The maximum Gasteiger partial charge on any atom is 0.311 e. The van der Waals surface area contributed by atoms with Crippen molar-refractivity contribution in [3.05, 3.63) is 77.3 Å². The van der Waals surface area contributed by atoms with Gasteiger partial charge in [-0.1, -0.05) is 60.1 Å². The van der Waals surface area contributed by atoms with Crippen LogP contribution in [0.3, 0.4) is 0 Å². The number of esters is 1. The number of hydrogen-bond donors (Lipinski definition) is 1. The topological polar surface area (TPSA) is 55.4 Å². The van der Waals surface area contributed by atoms with Gasteiger partial charge in [-0.25, -0.2) is 0 Å². The van der Waals surface area contributed by atoms with Gasteiger partial charge in [-0.3, -0.25) is 9.59 Å². The number of ether oxygens (including phenoxy) is 1. The minimum Gasteiger partial charge on any atom is -0.452 e. The second-order valence-electron chi connectivity index (χ2n) is 5.95. The Morgan fingerprint density at radius 1 is 1.00 bits per heavy atom. The molecule has 1 N–H and O–H groups in total. The van der Waals surface area contributed by atoms with Gasteiger partial charge in [0.25, 0.3) is 5.91 Å².